The molecule has 0 radical (unpaired) electrons. The lowest BCUT2D eigenvalue weighted by atomic mass is 9.85. The summed E-state index contributed by atoms with van der Waals surface area (Å²) in [5.74, 6) is 0.757. The first-order chi connectivity index (χ1) is 10.1. The Morgan fingerprint density at radius 2 is 2.10 bits per heavy atom. The van der Waals surface area contributed by atoms with Gasteiger partial charge in [0.2, 0.25) is 0 Å². The summed E-state index contributed by atoms with van der Waals surface area (Å²) in [4.78, 5) is 12.3. The predicted octanol–water partition coefficient (Wildman–Crippen LogP) is 3.81. The predicted molar refractivity (Wildman–Crippen MR) is 86.8 cm³/mol. The number of hydrogen-bond acceptors (Lipinski definition) is 1. The van der Waals surface area contributed by atoms with Gasteiger partial charge in [0.25, 0.3) is 5.91 Å². The Bertz CT molecular complexity index is 680. The fraction of sp³-hybridized carbons (Fsp3) is 0.500. The average molecular weight is 284 g/mol. The SMILES string of the molecule is CCn1c(C)c(C)c2cc(C(=O)NCC3CCC3)ccc21. The molecule has 0 aliphatic heterocycles. The van der Waals surface area contributed by atoms with E-state index < -0.39 is 0 Å². The summed E-state index contributed by atoms with van der Waals surface area (Å²) in [6.07, 6.45) is 3.84. The molecule has 0 atom stereocenters. The standard InChI is InChI=1S/C18H24N2O/c1-4-20-13(3)12(2)16-10-15(8-9-17(16)20)18(21)19-11-14-6-5-7-14/h8-10,14H,4-7,11H2,1-3H3,(H,19,21). The smallest absolute Gasteiger partial charge is 0.251 e. The summed E-state index contributed by atoms with van der Waals surface area (Å²) in [6, 6.07) is 6.07. The molecule has 1 heterocycles. The fourth-order valence-corrected chi connectivity index (χ4v) is 3.23. The van der Waals surface area contributed by atoms with Crippen LogP contribution in [0.25, 0.3) is 10.9 Å². The Labute approximate surface area is 126 Å². The number of rotatable bonds is 4. The summed E-state index contributed by atoms with van der Waals surface area (Å²) >= 11 is 0. The van der Waals surface area contributed by atoms with Gasteiger partial charge >= 0.3 is 0 Å². The summed E-state index contributed by atoms with van der Waals surface area (Å²) in [5, 5.41) is 4.27. The molecule has 1 N–H and O–H groups in total. The van der Waals surface area contributed by atoms with Crippen LogP contribution in [0.5, 0.6) is 0 Å². The normalized spacial score (nSPS) is 15.2. The molecule has 1 aromatic heterocycles. The molecule has 0 saturated heterocycles. The van der Waals surface area contributed by atoms with Gasteiger partial charge in [-0.1, -0.05) is 6.42 Å². The quantitative estimate of drug-likeness (QED) is 0.910. The zero-order chi connectivity index (χ0) is 15.0. The highest BCUT2D eigenvalue weighted by Crippen LogP contribution is 2.27. The number of benzene rings is 1. The third-order valence-electron chi connectivity index (χ3n) is 4.99. The molecule has 3 heteroatoms. The number of carbonyl (C=O) groups excluding carboxylic acids is 1. The summed E-state index contributed by atoms with van der Waals surface area (Å²) < 4.78 is 2.31. The Balaban J connectivity index is 1.86. The highest BCUT2D eigenvalue weighted by Gasteiger charge is 2.19. The van der Waals surface area contributed by atoms with Gasteiger partial charge in [0.05, 0.1) is 0 Å². The van der Waals surface area contributed by atoms with Crippen LogP contribution in [0.2, 0.25) is 0 Å². The molecule has 1 aliphatic carbocycles. The van der Waals surface area contributed by atoms with E-state index in [2.05, 4.69) is 36.7 Å². The van der Waals surface area contributed by atoms with Gasteiger partial charge in [0, 0.05) is 35.2 Å². The molecule has 3 rings (SSSR count). The highest BCUT2D eigenvalue weighted by atomic mass is 16.1. The van der Waals surface area contributed by atoms with E-state index in [0.717, 1.165) is 18.7 Å². The minimum Gasteiger partial charge on any atom is -0.352 e. The van der Waals surface area contributed by atoms with E-state index in [-0.39, 0.29) is 5.91 Å². The molecule has 1 saturated carbocycles. The van der Waals surface area contributed by atoms with Crippen molar-refractivity contribution in [3.8, 4) is 0 Å². The lowest BCUT2D eigenvalue weighted by molar-refractivity contribution is 0.0939. The van der Waals surface area contributed by atoms with Crippen molar-refractivity contribution in [2.45, 2.75) is 46.6 Å². The molecule has 0 bridgehead atoms. The van der Waals surface area contributed by atoms with Crippen LogP contribution in [0.4, 0.5) is 0 Å². The zero-order valence-corrected chi connectivity index (χ0v) is 13.2. The number of aryl methyl sites for hydroxylation is 2. The van der Waals surface area contributed by atoms with Crippen molar-refractivity contribution in [3.63, 3.8) is 0 Å². The second-order valence-electron chi connectivity index (χ2n) is 6.19. The van der Waals surface area contributed by atoms with Gasteiger partial charge in [-0.3, -0.25) is 4.79 Å². The molecule has 112 valence electrons. The van der Waals surface area contributed by atoms with Crippen LogP contribution in [-0.2, 0) is 6.54 Å². The maximum atomic E-state index is 12.3. The van der Waals surface area contributed by atoms with E-state index >= 15 is 0 Å². The van der Waals surface area contributed by atoms with Crippen LogP contribution >= 0.6 is 0 Å². The molecule has 1 aromatic carbocycles. The van der Waals surface area contributed by atoms with E-state index in [1.807, 2.05) is 12.1 Å². The first kappa shape index (κ1) is 14.2. The third-order valence-corrected chi connectivity index (χ3v) is 4.99. The topological polar surface area (TPSA) is 34.0 Å². The Kier molecular flexibility index (Phi) is 3.75. The summed E-state index contributed by atoms with van der Waals surface area (Å²) in [6.45, 7) is 8.23. The molecule has 0 spiro atoms. The monoisotopic (exact) mass is 284 g/mol. The average Bonchev–Trinajstić information content (AvgIpc) is 2.68. The van der Waals surface area contributed by atoms with Crippen molar-refractivity contribution in [2.75, 3.05) is 6.54 Å². The number of fused-ring (bicyclic) bond motifs is 1. The molecule has 21 heavy (non-hydrogen) atoms. The zero-order valence-electron chi connectivity index (χ0n) is 13.2. The van der Waals surface area contributed by atoms with E-state index in [1.165, 1.54) is 41.4 Å². The second-order valence-corrected chi connectivity index (χ2v) is 6.19. The Morgan fingerprint density at radius 1 is 1.33 bits per heavy atom. The van der Waals surface area contributed by atoms with Gasteiger partial charge < -0.3 is 9.88 Å². The lowest BCUT2D eigenvalue weighted by Gasteiger charge is -2.25. The number of amides is 1. The summed E-state index contributed by atoms with van der Waals surface area (Å²) in [5.41, 5.74) is 4.57. The van der Waals surface area contributed by atoms with Gasteiger partial charge in [-0.2, -0.15) is 0 Å². The van der Waals surface area contributed by atoms with Gasteiger partial charge in [-0.05, 0) is 63.3 Å². The van der Waals surface area contributed by atoms with Crippen LogP contribution in [-0.4, -0.2) is 17.0 Å². The number of nitrogens with zero attached hydrogens (tertiary/aromatic N) is 1. The number of carbonyl (C=O) groups is 1. The maximum absolute atomic E-state index is 12.3. The Morgan fingerprint density at radius 3 is 2.71 bits per heavy atom. The van der Waals surface area contributed by atoms with Gasteiger partial charge in [0.1, 0.15) is 0 Å². The lowest BCUT2D eigenvalue weighted by Crippen LogP contribution is -2.32. The molecule has 1 fully saturated rings. The van der Waals surface area contributed by atoms with Crippen molar-refractivity contribution in [3.05, 3.63) is 35.0 Å². The molecular formula is C18H24N2O. The van der Waals surface area contributed by atoms with Gasteiger partial charge in [0.15, 0.2) is 0 Å². The van der Waals surface area contributed by atoms with Crippen molar-refractivity contribution < 1.29 is 4.79 Å². The first-order valence-corrected chi connectivity index (χ1v) is 7.99. The number of nitrogens with one attached hydrogen (secondary N) is 1. The van der Waals surface area contributed by atoms with E-state index in [1.54, 1.807) is 0 Å². The van der Waals surface area contributed by atoms with Gasteiger partial charge in [-0.25, -0.2) is 0 Å². The van der Waals surface area contributed by atoms with Crippen molar-refractivity contribution in [1.82, 2.24) is 9.88 Å². The molecule has 0 unspecified atom stereocenters. The number of aromatic nitrogens is 1. The summed E-state index contributed by atoms with van der Waals surface area (Å²) in [7, 11) is 0. The van der Waals surface area contributed by atoms with Crippen molar-refractivity contribution >= 4 is 16.8 Å². The van der Waals surface area contributed by atoms with E-state index in [4.69, 9.17) is 0 Å². The van der Waals surface area contributed by atoms with Crippen LogP contribution < -0.4 is 5.32 Å². The largest absolute Gasteiger partial charge is 0.352 e. The van der Waals surface area contributed by atoms with Crippen LogP contribution in [0.1, 0.15) is 47.8 Å². The van der Waals surface area contributed by atoms with Crippen LogP contribution in [0, 0.1) is 19.8 Å². The number of hydrogen-bond donors (Lipinski definition) is 1. The highest BCUT2D eigenvalue weighted by molar-refractivity contribution is 5.99. The third kappa shape index (κ3) is 2.45. The molecule has 2 aromatic rings. The fourth-order valence-electron chi connectivity index (χ4n) is 3.23. The van der Waals surface area contributed by atoms with Gasteiger partial charge in [-0.15, -0.1) is 0 Å². The molecule has 1 amide bonds. The van der Waals surface area contributed by atoms with Crippen LogP contribution in [0.3, 0.4) is 0 Å². The maximum Gasteiger partial charge on any atom is 0.251 e. The van der Waals surface area contributed by atoms with E-state index in [9.17, 15) is 4.79 Å². The van der Waals surface area contributed by atoms with Crippen molar-refractivity contribution in [2.24, 2.45) is 5.92 Å². The van der Waals surface area contributed by atoms with Crippen molar-refractivity contribution in [1.29, 1.82) is 0 Å². The van der Waals surface area contributed by atoms with Crippen LogP contribution in [0.15, 0.2) is 18.2 Å². The second kappa shape index (κ2) is 5.55. The minimum atomic E-state index is 0.0603. The van der Waals surface area contributed by atoms with E-state index in [0.29, 0.717) is 5.92 Å². The minimum absolute atomic E-state index is 0.0603. The Hall–Kier alpha value is -1.77. The molecule has 3 nitrogen and oxygen atoms in total. The first-order valence-electron chi connectivity index (χ1n) is 7.99. The molecular weight excluding hydrogens is 260 g/mol. The molecule has 1 aliphatic rings.